The molecule has 0 unspecified atom stereocenters. The molecule has 0 bridgehead atoms. The summed E-state index contributed by atoms with van der Waals surface area (Å²) in [6, 6.07) is 16.7. The van der Waals surface area contributed by atoms with Gasteiger partial charge in [-0.25, -0.2) is 9.37 Å². The lowest BCUT2D eigenvalue weighted by Crippen LogP contribution is -2.30. The monoisotopic (exact) mass is 484 g/mol. The molecular formula is C27H25FN6O2. The number of amides is 2. The Morgan fingerprint density at radius 1 is 1.08 bits per heavy atom. The quantitative estimate of drug-likeness (QED) is 0.445. The first-order valence-electron chi connectivity index (χ1n) is 11.7. The Morgan fingerprint density at radius 3 is 2.67 bits per heavy atom. The normalized spacial score (nSPS) is 14.7. The van der Waals surface area contributed by atoms with Gasteiger partial charge in [0.05, 0.1) is 5.92 Å². The van der Waals surface area contributed by atoms with E-state index in [0.29, 0.717) is 34.9 Å². The molecule has 9 heteroatoms. The van der Waals surface area contributed by atoms with Crippen molar-refractivity contribution in [2.24, 2.45) is 0 Å². The molecular weight excluding hydrogens is 459 g/mol. The van der Waals surface area contributed by atoms with E-state index >= 15 is 0 Å². The molecule has 2 amide bonds. The fraction of sp³-hybridized carbons (Fsp3) is 0.222. The van der Waals surface area contributed by atoms with E-state index in [1.54, 1.807) is 70.6 Å². The number of fused-ring (bicyclic) bond motifs is 1. The van der Waals surface area contributed by atoms with Gasteiger partial charge in [-0.15, -0.1) is 0 Å². The van der Waals surface area contributed by atoms with Crippen molar-refractivity contribution in [2.45, 2.75) is 32.4 Å². The van der Waals surface area contributed by atoms with Crippen molar-refractivity contribution >= 4 is 17.5 Å². The maximum Gasteiger partial charge on any atom is 0.276 e. The summed E-state index contributed by atoms with van der Waals surface area (Å²) in [6.45, 7) is 4.56. The maximum absolute atomic E-state index is 13.5. The minimum Gasteiger partial charge on any atom is -0.348 e. The minimum atomic E-state index is -0.354. The van der Waals surface area contributed by atoms with Crippen molar-refractivity contribution in [3.63, 3.8) is 0 Å². The van der Waals surface area contributed by atoms with E-state index in [-0.39, 0.29) is 36.1 Å². The van der Waals surface area contributed by atoms with Gasteiger partial charge in [-0.1, -0.05) is 18.2 Å². The summed E-state index contributed by atoms with van der Waals surface area (Å²) in [5, 5.41) is 7.47. The summed E-state index contributed by atoms with van der Waals surface area (Å²) in [5.74, 6) is -0.600. The summed E-state index contributed by atoms with van der Waals surface area (Å²) >= 11 is 0. The van der Waals surface area contributed by atoms with Gasteiger partial charge in [0.2, 0.25) is 0 Å². The van der Waals surface area contributed by atoms with Gasteiger partial charge >= 0.3 is 0 Å². The van der Waals surface area contributed by atoms with Crippen LogP contribution in [-0.2, 0) is 6.54 Å². The average Bonchev–Trinajstić information content (AvgIpc) is 3.52. The number of hydrogen-bond acceptors (Lipinski definition) is 5. The standard InChI is InChI=1S/C27H25FN6O2/c1-17(2)34-16-31-25(32-34)22-15-33(27(36)23-8-3-4-11-29-23)24-10-9-19(13-21(22)24)26(35)30-14-18-6-5-7-20(28)12-18/h3-13,16-17,22H,14-15H2,1-2H3,(H,30,35)/t22-/m1/s1. The average molecular weight is 485 g/mol. The molecule has 1 N–H and O–H groups in total. The van der Waals surface area contributed by atoms with E-state index in [1.165, 1.54) is 12.1 Å². The molecule has 8 nitrogen and oxygen atoms in total. The Labute approximate surface area is 207 Å². The van der Waals surface area contributed by atoms with Gasteiger partial charge in [0.1, 0.15) is 17.8 Å². The molecule has 0 radical (unpaired) electrons. The van der Waals surface area contributed by atoms with E-state index in [0.717, 1.165) is 5.56 Å². The fourth-order valence-corrected chi connectivity index (χ4v) is 4.27. The van der Waals surface area contributed by atoms with Crippen LogP contribution in [0.25, 0.3) is 0 Å². The van der Waals surface area contributed by atoms with Crippen LogP contribution in [0.1, 0.15) is 63.6 Å². The Morgan fingerprint density at radius 2 is 1.94 bits per heavy atom. The summed E-state index contributed by atoms with van der Waals surface area (Å²) in [7, 11) is 0. The van der Waals surface area contributed by atoms with Crippen molar-refractivity contribution in [1.82, 2.24) is 25.1 Å². The molecule has 2 aromatic carbocycles. The first-order valence-corrected chi connectivity index (χ1v) is 11.7. The van der Waals surface area contributed by atoms with Crippen LogP contribution < -0.4 is 10.2 Å². The molecule has 5 rings (SSSR count). The van der Waals surface area contributed by atoms with Gasteiger partial charge in [0.15, 0.2) is 5.82 Å². The van der Waals surface area contributed by atoms with Gasteiger partial charge in [0, 0.05) is 36.6 Å². The number of nitrogens with zero attached hydrogens (tertiary/aromatic N) is 5. The molecule has 182 valence electrons. The lowest BCUT2D eigenvalue weighted by molar-refractivity contribution is 0.0949. The molecule has 3 heterocycles. The van der Waals surface area contributed by atoms with Crippen LogP contribution in [0.15, 0.2) is 73.2 Å². The zero-order valence-corrected chi connectivity index (χ0v) is 19.9. The van der Waals surface area contributed by atoms with Crippen LogP contribution in [-0.4, -0.2) is 38.1 Å². The third kappa shape index (κ3) is 4.59. The van der Waals surface area contributed by atoms with Gasteiger partial charge in [-0.3, -0.25) is 19.3 Å². The van der Waals surface area contributed by atoms with Crippen molar-refractivity contribution in [1.29, 1.82) is 0 Å². The second kappa shape index (κ2) is 9.69. The summed E-state index contributed by atoms with van der Waals surface area (Å²) in [6.07, 6.45) is 3.26. The molecule has 1 aliphatic heterocycles. The summed E-state index contributed by atoms with van der Waals surface area (Å²) in [4.78, 5) is 36.6. The van der Waals surface area contributed by atoms with Gasteiger partial charge < -0.3 is 10.2 Å². The molecule has 0 aliphatic carbocycles. The second-order valence-corrected chi connectivity index (χ2v) is 8.95. The number of benzene rings is 2. The van der Waals surface area contributed by atoms with Crippen LogP contribution in [0.3, 0.4) is 0 Å². The fourth-order valence-electron chi connectivity index (χ4n) is 4.27. The predicted octanol–water partition coefficient (Wildman–Crippen LogP) is 4.12. The van der Waals surface area contributed by atoms with Crippen molar-refractivity contribution in [3.8, 4) is 0 Å². The predicted molar refractivity (Wildman–Crippen MR) is 132 cm³/mol. The largest absolute Gasteiger partial charge is 0.348 e. The number of aromatic nitrogens is 4. The molecule has 1 atom stereocenters. The van der Waals surface area contributed by atoms with Crippen molar-refractivity contribution in [3.05, 3.63) is 107 Å². The molecule has 0 spiro atoms. The van der Waals surface area contributed by atoms with Crippen LogP contribution in [0.4, 0.5) is 10.1 Å². The molecule has 1 aliphatic rings. The van der Waals surface area contributed by atoms with Crippen molar-refractivity contribution < 1.29 is 14.0 Å². The van der Waals surface area contributed by atoms with E-state index in [2.05, 4.69) is 20.4 Å². The zero-order valence-electron chi connectivity index (χ0n) is 19.9. The molecule has 0 saturated carbocycles. The first kappa shape index (κ1) is 23.3. The van der Waals surface area contributed by atoms with Gasteiger partial charge in [0.25, 0.3) is 11.8 Å². The van der Waals surface area contributed by atoms with Gasteiger partial charge in [-0.2, -0.15) is 5.10 Å². The first-order chi connectivity index (χ1) is 17.4. The minimum absolute atomic E-state index is 0.137. The highest BCUT2D eigenvalue weighted by molar-refractivity contribution is 6.07. The van der Waals surface area contributed by atoms with Crippen LogP contribution >= 0.6 is 0 Å². The number of carbonyl (C=O) groups excluding carboxylic acids is 2. The highest BCUT2D eigenvalue weighted by Crippen LogP contribution is 2.40. The summed E-state index contributed by atoms with van der Waals surface area (Å²) in [5.41, 5.74) is 2.92. The number of anilines is 1. The van der Waals surface area contributed by atoms with Gasteiger partial charge in [-0.05, 0) is 67.4 Å². The Bertz CT molecular complexity index is 1420. The third-order valence-corrected chi connectivity index (χ3v) is 6.16. The molecule has 0 saturated heterocycles. The second-order valence-electron chi connectivity index (χ2n) is 8.95. The van der Waals surface area contributed by atoms with E-state index in [1.807, 2.05) is 13.8 Å². The Kier molecular flexibility index (Phi) is 6.28. The summed E-state index contributed by atoms with van der Waals surface area (Å²) < 4.78 is 15.3. The number of carbonyl (C=O) groups is 2. The lowest BCUT2D eigenvalue weighted by atomic mass is 9.98. The number of halogens is 1. The van der Waals surface area contributed by atoms with E-state index in [4.69, 9.17) is 0 Å². The number of pyridine rings is 1. The molecule has 0 fully saturated rings. The van der Waals surface area contributed by atoms with E-state index < -0.39 is 0 Å². The van der Waals surface area contributed by atoms with Crippen molar-refractivity contribution in [2.75, 3.05) is 11.4 Å². The number of hydrogen-bond donors (Lipinski definition) is 1. The SMILES string of the molecule is CC(C)n1cnc([C@@H]2CN(C(=O)c3ccccn3)c3ccc(C(=O)NCc4cccc(F)c4)cc32)n1. The number of rotatable bonds is 6. The maximum atomic E-state index is 13.5. The molecule has 4 aromatic rings. The highest BCUT2D eigenvalue weighted by Gasteiger charge is 2.37. The Hall–Kier alpha value is -4.40. The lowest BCUT2D eigenvalue weighted by Gasteiger charge is -2.17. The van der Waals surface area contributed by atoms with Crippen LogP contribution in [0.2, 0.25) is 0 Å². The highest BCUT2D eigenvalue weighted by atomic mass is 19.1. The molecule has 2 aromatic heterocycles. The number of nitrogens with one attached hydrogen (secondary N) is 1. The Balaban J connectivity index is 1.46. The topological polar surface area (TPSA) is 93.0 Å². The van der Waals surface area contributed by atoms with Crippen LogP contribution in [0, 0.1) is 5.82 Å². The van der Waals surface area contributed by atoms with E-state index in [9.17, 15) is 14.0 Å². The molecule has 36 heavy (non-hydrogen) atoms. The third-order valence-electron chi connectivity index (χ3n) is 6.16. The van der Waals surface area contributed by atoms with Crippen LogP contribution in [0.5, 0.6) is 0 Å². The smallest absolute Gasteiger partial charge is 0.276 e. The zero-order chi connectivity index (χ0) is 25.2.